The molecule has 0 N–H and O–H groups in total. The van der Waals surface area contributed by atoms with Crippen molar-refractivity contribution in [3.63, 3.8) is 0 Å². The van der Waals surface area contributed by atoms with E-state index in [2.05, 4.69) is 237 Å². The van der Waals surface area contributed by atoms with E-state index in [0.29, 0.717) is 0 Å². The molecule has 0 unspecified atom stereocenters. The van der Waals surface area contributed by atoms with Crippen LogP contribution < -0.4 is 9.80 Å². The van der Waals surface area contributed by atoms with Crippen molar-refractivity contribution < 1.29 is 0 Å². The maximum Gasteiger partial charge on any atom is 0.0361 e. The number of halogens is 3. The second-order valence-electron chi connectivity index (χ2n) is 14.2. The molecule has 53 heavy (non-hydrogen) atoms. The third-order valence-electron chi connectivity index (χ3n) is 10.6. The van der Waals surface area contributed by atoms with Crippen molar-refractivity contribution in [1.82, 2.24) is 0 Å². The van der Waals surface area contributed by atoms with Crippen LogP contribution in [0.4, 0.5) is 11.4 Å². The Bertz CT molecular complexity index is 2280. The minimum absolute atomic E-state index is 0.00996. The van der Waals surface area contributed by atoms with Gasteiger partial charge >= 0.3 is 0 Å². The molecule has 6 aliphatic carbocycles. The van der Waals surface area contributed by atoms with Crippen LogP contribution in [0, 0.1) is 0 Å². The lowest BCUT2D eigenvalue weighted by atomic mass is 9.83. The van der Waals surface area contributed by atoms with Gasteiger partial charge in [0.25, 0.3) is 0 Å². The smallest absolute Gasteiger partial charge is 0.0361 e. The maximum atomic E-state index is 3.83. The lowest BCUT2D eigenvalue weighted by molar-refractivity contribution is 0.973. The number of rotatable bonds is 8. The van der Waals surface area contributed by atoms with Crippen LogP contribution in [0.3, 0.4) is 0 Å². The normalized spacial score (nSPS) is 12.7. The molecule has 0 aliphatic heterocycles. The largest absolute Gasteiger partial charge is 0.378 e. The van der Waals surface area contributed by atoms with E-state index in [4.69, 9.17) is 0 Å². The molecule has 2 aromatic rings. The van der Waals surface area contributed by atoms with Gasteiger partial charge in [0.2, 0.25) is 0 Å². The third-order valence-corrected chi connectivity index (χ3v) is 12.1. The third kappa shape index (κ3) is 6.91. The van der Waals surface area contributed by atoms with Crippen LogP contribution in [-0.2, 0) is 0 Å². The average Bonchev–Trinajstić information content (AvgIpc) is 3.71. The first-order valence-corrected chi connectivity index (χ1v) is 20.2. The van der Waals surface area contributed by atoms with E-state index in [1.54, 1.807) is 0 Å². The highest BCUT2D eigenvalue weighted by atomic mass is 79.9. The first kappa shape index (κ1) is 35.6. The van der Waals surface area contributed by atoms with Crippen LogP contribution >= 0.6 is 47.8 Å². The summed E-state index contributed by atoms with van der Waals surface area (Å²) in [5.41, 5.74) is 17.6. The molecule has 0 saturated heterocycles. The Morgan fingerprint density at radius 3 is 1.02 bits per heavy atom. The highest BCUT2D eigenvalue weighted by molar-refractivity contribution is 9.11. The molecule has 0 heterocycles. The minimum Gasteiger partial charge on any atom is -0.378 e. The van der Waals surface area contributed by atoms with Gasteiger partial charge in [-0.3, -0.25) is 0 Å². The SMILES string of the molecule is CN(C)c1ccc([C@H](c2ccc3ccc(Br)ccc2-3)c2cc([C@@H](c3ccc(N(C)C)cc3)c3ccc4ccc(Br)ccc3-4)c3ccc(Br)ccc2-3)cc1. The van der Waals surface area contributed by atoms with Crippen molar-refractivity contribution >= 4 is 59.2 Å². The van der Waals surface area contributed by atoms with Crippen molar-refractivity contribution in [2.24, 2.45) is 0 Å². The predicted molar refractivity (Wildman–Crippen MR) is 236 cm³/mol. The average molecular weight is 884 g/mol. The van der Waals surface area contributed by atoms with Crippen LogP contribution in [0.1, 0.15) is 45.2 Å². The van der Waals surface area contributed by atoms with Gasteiger partial charge in [-0.05, 0) is 127 Å². The van der Waals surface area contributed by atoms with E-state index in [1.807, 2.05) is 0 Å². The van der Waals surface area contributed by atoms with Gasteiger partial charge in [0.1, 0.15) is 0 Å². The molecular weight excluding hydrogens is 844 g/mol. The fourth-order valence-electron chi connectivity index (χ4n) is 7.85. The summed E-state index contributed by atoms with van der Waals surface area (Å²) in [5.74, 6) is -0.0199. The Morgan fingerprint density at radius 2 is 0.660 bits per heavy atom. The summed E-state index contributed by atoms with van der Waals surface area (Å²) >= 11 is 11.3. The van der Waals surface area contributed by atoms with Gasteiger partial charge < -0.3 is 9.80 Å². The predicted octanol–water partition coefficient (Wildman–Crippen LogP) is 13.8. The standard InChI is InChI=1S/C48H39Br3N2/c1-52(2)37-19-7-32(8-20-37)47(43-23-11-30-5-13-34(49)15-25-39(30)43)45-29-46(42-28-18-36(51)17-27-41(42)45)48(33-9-21-38(22-10-33)53(3)4)44-24-12-31-6-14-35(50)16-26-40(31)44/h5-29,47-48H,1-4H3/t47-,48+. The summed E-state index contributed by atoms with van der Waals surface area (Å²) in [6, 6.07) is 56.5. The molecule has 262 valence electrons. The molecular formula is C48H39Br3N2. The summed E-state index contributed by atoms with van der Waals surface area (Å²) in [4.78, 5) is 4.33. The van der Waals surface area contributed by atoms with E-state index in [1.165, 1.54) is 78.1 Å². The maximum absolute atomic E-state index is 3.83. The highest BCUT2D eigenvalue weighted by Gasteiger charge is 2.32. The van der Waals surface area contributed by atoms with E-state index in [0.717, 1.165) is 13.4 Å². The van der Waals surface area contributed by atoms with Crippen LogP contribution in [0.15, 0.2) is 165 Å². The zero-order chi connectivity index (χ0) is 36.8. The topological polar surface area (TPSA) is 6.48 Å². The molecule has 0 bridgehead atoms. The molecule has 0 fully saturated rings. The van der Waals surface area contributed by atoms with Crippen molar-refractivity contribution in [3.8, 4) is 33.4 Å². The second kappa shape index (κ2) is 14.8. The Hall–Kier alpha value is -4.42. The molecule has 6 aliphatic rings. The Labute approximate surface area is 338 Å². The molecule has 8 rings (SSSR count). The molecule has 5 heteroatoms. The van der Waals surface area contributed by atoms with Gasteiger partial charge in [0.05, 0.1) is 0 Å². The van der Waals surface area contributed by atoms with Gasteiger partial charge in [0, 0.05) is 64.8 Å². The van der Waals surface area contributed by atoms with Gasteiger partial charge in [-0.1, -0.05) is 139 Å². The summed E-state index contributed by atoms with van der Waals surface area (Å²) in [7, 11) is 8.39. The highest BCUT2D eigenvalue weighted by Crippen LogP contribution is 2.51. The van der Waals surface area contributed by atoms with Crippen LogP contribution in [-0.4, -0.2) is 28.2 Å². The van der Waals surface area contributed by atoms with Gasteiger partial charge in [-0.15, -0.1) is 0 Å². The lowest BCUT2D eigenvalue weighted by Gasteiger charge is -2.21. The lowest BCUT2D eigenvalue weighted by Crippen LogP contribution is -2.09. The molecule has 0 radical (unpaired) electrons. The second-order valence-corrected chi connectivity index (χ2v) is 16.9. The number of anilines is 2. The Kier molecular flexibility index (Phi) is 9.93. The summed E-state index contributed by atoms with van der Waals surface area (Å²) in [6.45, 7) is 0. The van der Waals surface area contributed by atoms with Crippen molar-refractivity contribution in [2.45, 2.75) is 11.8 Å². The molecule has 2 atom stereocenters. The number of hydrogen-bond donors (Lipinski definition) is 0. The van der Waals surface area contributed by atoms with E-state index in [-0.39, 0.29) is 11.8 Å². The molecule has 2 nitrogen and oxygen atoms in total. The van der Waals surface area contributed by atoms with Crippen LogP contribution in [0.2, 0.25) is 0 Å². The Balaban J connectivity index is 1.42. The van der Waals surface area contributed by atoms with Crippen LogP contribution in [0.5, 0.6) is 0 Å². The van der Waals surface area contributed by atoms with Crippen molar-refractivity contribution in [3.05, 3.63) is 198 Å². The fraction of sp³-hybridized carbons (Fsp3) is 0.125. The minimum atomic E-state index is -0.00996. The summed E-state index contributed by atoms with van der Waals surface area (Å²) in [5, 5.41) is 0. The molecule has 0 aromatic heterocycles. The molecule has 0 amide bonds. The summed E-state index contributed by atoms with van der Waals surface area (Å²) < 4.78 is 3.18. The van der Waals surface area contributed by atoms with E-state index in [9.17, 15) is 0 Å². The number of fused-ring (bicyclic) bond motifs is 3. The summed E-state index contributed by atoms with van der Waals surface area (Å²) in [6.07, 6.45) is 0. The number of hydrogen-bond acceptors (Lipinski definition) is 2. The van der Waals surface area contributed by atoms with Crippen LogP contribution in [0.25, 0.3) is 33.4 Å². The van der Waals surface area contributed by atoms with Crippen molar-refractivity contribution in [1.29, 1.82) is 0 Å². The zero-order valence-corrected chi connectivity index (χ0v) is 34.9. The number of benzene rings is 2. The quantitative estimate of drug-likeness (QED) is 0.150. The first-order chi connectivity index (χ1) is 25.7. The molecule has 0 saturated carbocycles. The fourth-order valence-corrected chi connectivity index (χ4v) is 8.65. The van der Waals surface area contributed by atoms with Crippen molar-refractivity contribution in [2.75, 3.05) is 38.0 Å². The van der Waals surface area contributed by atoms with Gasteiger partial charge in [0.15, 0.2) is 0 Å². The zero-order valence-electron chi connectivity index (χ0n) is 30.1. The van der Waals surface area contributed by atoms with E-state index < -0.39 is 0 Å². The first-order valence-electron chi connectivity index (χ1n) is 17.8. The number of nitrogens with zero attached hydrogens (tertiary/aromatic N) is 2. The Morgan fingerprint density at radius 1 is 0.340 bits per heavy atom. The molecule has 0 spiro atoms. The molecule has 2 aromatic carbocycles. The van der Waals surface area contributed by atoms with Gasteiger partial charge in [-0.2, -0.15) is 0 Å². The van der Waals surface area contributed by atoms with E-state index >= 15 is 0 Å². The monoisotopic (exact) mass is 880 g/mol. The van der Waals surface area contributed by atoms with Gasteiger partial charge in [-0.25, -0.2) is 0 Å².